The first-order valence-corrected chi connectivity index (χ1v) is 7.79. The summed E-state index contributed by atoms with van der Waals surface area (Å²) in [5.74, 6) is 0.548. The van der Waals surface area contributed by atoms with Gasteiger partial charge >= 0.3 is 0 Å². The zero-order valence-corrected chi connectivity index (χ0v) is 12.8. The topological polar surface area (TPSA) is 76.3 Å². The third kappa shape index (κ3) is 2.65. The molecule has 1 aliphatic heterocycles. The number of halogens is 1. The Bertz CT molecular complexity index is 738. The van der Waals surface area contributed by atoms with Gasteiger partial charge < -0.3 is 0 Å². The number of hydrogen-bond donors (Lipinski definition) is 0. The van der Waals surface area contributed by atoms with Gasteiger partial charge in [-0.3, -0.25) is 19.8 Å². The van der Waals surface area contributed by atoms with E-state index in [0.29, 0.717) is 16.4 Å². The molecule has 2 heterocycles. The highest BCUT2D eigenvalue weighted by molar-refractivity contribution is 8.00. The van der Waals surface area contributed by atoms with E-state index in [2.05, 4.69) is 4.98 Å². The summed E-state index contributed by atoms with van der Waals surface area (Å²) < 4.78 is 0. The van der Waals surface area contributed by atoms with Gasteiger partial charge in [0.05, 0.1) is 21.3 Å². The van der Waals surface area contributed by atoms with Gasteiger partial charge in [0.25, 0.3) is 5.69 Å². The van der Waals surface area contributed by atoms with Crippen LogP contribution in [0.5, 0.6) is 0 Å². The molecule has 1 aromatic carbocycles. The van der Waals surface area contributed by atoms with Crippen LogP contribution in [-0.2, 0) is 4.79 Å². The van der Waals surface area contributed by atoms with E-state index < -0.39 is 10.3 Å². The Morgan fingerprint density at radius 2 is 2.09 bits per heavy atom. The molecule has 1 aromatic heterocycles. The van der Waals surface area contributed by atoms with Crippen LogP contribution in [0.15, 0.2) is 42.6 Å². The number of pyridine rings is 1. The fourth-order valence-electron chi connectivity index (χ4n) is 2.27. The summed E-state index contributed by atoms with van der Waals surface area (Å²) in [6.45, 7) is 0. The first kappa shape index (κ1) is 14.8. The van der Waals surface area contributed by atoms with Crippen LogP contribution in [0.1, 0.15) is 10.9 Å². The summed E-state index contributed by atoms with van der Waals surface area (Å²) in [7, 11) is 0. The monoisotopic (exact) mass is 335 g/mol. The Morgan fingerprint density at radius 3 is 2.77 bits per heavy atom. The lowest BCUT2D eigenvalue weighted by Crippen LogP contribution is -2.28. The molecule has 0 saturated carbocycles. The molecule has 0 aliphatic carbocycles. The molecule has 1 aliphatic rings. The first-order valence-electron chi connectivity index (χ1n) is 6.36. The summed E-state index contributed by atoms with van der Waals surface area (Å²) in [6.07, 6.45) is 1.45. The largest absolute Gasteiger partial charge is 0.279 e. The summed E-state index contributed by atoms with van der Waals surface area (Å²) >= 11 is 7.16. The lowest BCUT2D eigenvalue weighted by atomic mass is 10.1. The molecule has 1 saturated heterocycles. The maximum atomic E-state index is 12.2. The van der Waals surface area contributed by atoms with E-state index in [1.807, 2.05) is 0 Å². The smallest absolute Gasteiger partial charge is 0.275 e. The number of anilines is 1. The van der Waals surface area contributed by atoms with Crippen molar-refractivity contribution in [3.63, 3.8) is 0 Å². The van der Waals surface area contributed by atoms with Gasteiger partial charge in [-0.2, -0.15) is 0 Å². The highest BCUT2D eigenvalue weighted by atomic mass is 35.5. The number of aromatic nitrogens is 1. The molecule has 1 fully saturated rings. The molecule has 112 valence electrons. The third-order valence-corrected chi connectivity index (χ3v) is 4.64. The number of nitro benzene ring substituents is 1. The summed E-state index contributed by atoms with van der Waals surface area (Å²) in [5, 5.41) is 11.2. The van der Waals surface area contributed by atoms with Crippen LogP contribution in [0.4, 0.5) is 11.5 Å². The van der Waals surface area contributed by atoms with Gasteiger partial charge in [-0.1, -0.05) is 23.7 Å². The van der Waals surface area contributed by atoms with E-state index in [1.54, 1.807) is 30.3 Å². The number of rotatable bonds is 3. The Balaban J connectivity index is 2.05. The first-order chi connectivity index (χ1) is 10.6. The van der Waals surface area contributed by atoms with Crippen LogP contribution in [0.2, 0.25) is 5.02 Å². The molecule has 0 radical (unpaired) electrons. The number of amides is 1. The van der Waals surface area contributed by atoms with Crippen molar-refractivity contribution in [2.24, 2.45) is 0 Å². The van der Waals surface area contributed by atoms with Gasteiger partial charge in [-0.15, -0.1) is 11.8 Å². The molecule has 0 N–H and O–H groups in total. The fraction of sp³-hybridized carbons (Fsp3) is 0.143. The van der Waals surface area contributed by atoms with E-state index in [-0.39, 0.29) is 17.3 Å². The average Bonchev–Trinajstić information content (AvgIpc) is 2.90. The van der Waals surface area contributed by atoms with Crippen molar-refractivity contribution in [2.45, 2.75) is 5.37 Å². The molecule has 0 spiro atoms. The Hall–Kier alpha value is -2.12. The van der Waals surface area contributed by atoms with E-state index in [1.165, 1.54) is 28.9 Å². The molecule has 0 unspecified atom stereocenters. The van der Waals surface area contributed by atoms with Crippen LogP contribution < -0.4 is 4.90 Å². The van der Waals surface area contributed by atoms with Crippen LogP contribution in [-0.4, -0.2) is 21.6 Å². The second-order valence-electron chi connectivity index (χ2n) is 4.58. The number of benzene rings is 1. The highest BCUT2D eigenvalue weighted by Crippen LogP contribution is 2.44. The molecule has 3 rings (SSSR count). The minimum absolute atomic E-state index is 0.00587. The standard InChI is InChI=1S/C14H10ClN3O3S/c15-9-5-6-12(16-7-9)17-13(19)8-22-14(17)10-3-1-2-4-11(10)18(20)21/h1-7,14H,8H2/t14-/m0/s1. The number of nitrogens with zero attached hydrogens (tertiary/aromatic N) is 3. The van der Waals surface area contributed by atoms with Crippen molar-refractivity contribution in [3.05, 3.63) is 63.3 Å². The SMILES string of the molecule is O=C1CS[C@@H](c2ccccc2[N+](=O)[O-])N1c1ccc(Cl)cn1. The molecule has 6 nitrogen and oxygen atoms in total. The van der Waals surface area contributed by atoms with Gasteiger partial charge in [0, 0.05) is 12.3 Å². The minimum Gasteiger partial charge on any atom is -0.279 e. The third-order valence-electron chi connectivity index (χ3n) is 3.23. The zero-order valence-electron chi connectivity index (χ0n) is 11.2. The number of carbonyl (C=O) groups excluding carboxylic acids is 1. The van der Waals surface area contributed by atoms with E-state index in [0.717, 1.165) is 0 Å². The molecule has 1 amide bonds. The van der Waals surface area contributed by atoms with Crippen molar-refractivity contribution in [3.8, 4) is 0 Å². The lowest BCUT2D eigenvalue weighted by molar-refractivity contribution is -0.385. The molecular formula is C14H10ClN3O3S. The predicted molar refractivity (Wildman–Crippen MR) is 85.0 cm³/mol. The minimum atomic E-state index is -0.470. The number of nitro groups is 1. The van der Waals surface area contributed by atoms with Crippen molar-refractivity contribution >= 4 is 40.8 Å². The van der Waals surface area contributed by atoms with E-state index in [4.69, 9.17) is 11.6 Å². The number of carbonyl (C=O) groups is 1. The normalized spacial score (nSPS) is 17.8. The Morgan fingerprint density at radius 1 is 1.32 bits per heavy atom. The summed E-state index contributed by atoms with van der Waals surface area (Å²) in [4.78, 5) is 28.6. The Kier molecular flexibility index (Phi) is 4.00. The van der Waals surface area contributed by atoms with Gasteiger partial charge in [-0.05, 0) is 18.2 Å². The van der Waals surface area contributed by atoms with Crippen LogP contribution >= 0.6 is 23.4 Å². The highest BCUT2D eigenvalue weighted by Gasteiger charge is 2.38. The molecule has 0 bridgehead atoms. The molecular weight excluding hydrogens is 326 g/mol. The average molecular weight is 336 g/mol. The van der Waals surface area contributed by atoms with E-state index in [9.17, 15) is 14.9 Å². The second-order valence-corrected chi connectivity index (χ2v) is 6.08. The van der Waals surface area contributed by atoms with Crippen molar-refractivity contribution < 1.29 is 9.72 Å². The van der Waals surface area contributed by atoms with Gasteiger partial charge in [0.2, 0.25) is 5.91 Å². The van der Waals surface area contributed by atoms with Crippen molar-refractivity contribution in [1.29, 1.82) is 0 Å². The van der Waals surface area contributed by atoms with Crippen LogP contribution in [0, 0.1) is 10.1 Å². The molecule has 1 atom stereocenters. The van der Waals surface area contributed by atoms with Crippen molar-refractivity contribution in [2.75, 3.05) is 10.7 Å². The fourth-order valence-corrected chi connectivity index (χ4v) is 3.58. The van der Waals surface area contributed by atoms with Gasteiger partial charge in [0.15, 0.2) is 0 Å². The van der Waals surface area contributed by atoms with E-state index >= 15 is 0 Å². The number of hydrogen-bond acceptors (Lipinski definition) is 5. The molecule has 22 heavy (non-hydrogen) atoms. The maximum absolute atomic E-state index is 12.2. The van der Waals surface area contributed by atoms with Gasteiger partial charge in [0.1, 0.15) is 11.2 Å². The Labute approximate surface area is 135 Å². The second kappa shape index (κ2) is 5.94. The molecule has 8 heteroatoms. The number of thioether (sulfide) groups is 1. The quantitative estimate of drug-likeness (QED) is 0.634. The lowest BCUT2D eigenvalue weighted by Gasteiger charge is -2.23. The summed E-state index contributed by atoms with van der Waals surface area (Å²) in [6, 6.07) is 9.70. The zero-order chi connectivity index (χ0) is 15.7. The number of para-hydroxylation sites is 1. The summed E-state index contributed by atoms with van der Waals surface area (Å²) in [5.41, 5.74) is 0.480. The van der Waals surface area contributed by atoms with Crippen molar-refractivity contribution in [1.82, 2.24) is 4.98 Å². The maximum Gasteiger partial charge on any atom is 0.275 e. The molecule has 2 aromatic rings. The van der Waals surface area contributed by atoms with Crippen LogP contribution in [0.25, 0.3) is 0 Å². The van der Waals surface area contributed by atoms with Gasteiger partial charge in [-0.25, -0.2) is 4.98 Å². The van der Waals surface area contributed by atoms with Crippen LogP contribution in [0.3, 0.4) is 0 Å². The predicted octanol–water partition coefficient (Wildman–Crippen LogP) is 3.42.